The summed E-state index contributed by atoms with van der Waals surface area (Å²) in [5, 5.41) is 0.177. The molecule has 1 atom stereocenters. The Balaban J connectivity index is 1.80. The predicted octanol–water partition coefficient (Wildman–Crippen LogP) is 5.68. The van der Waals surface area contributed by atoms with Gasteiger partial charge in [-0.15, -0.1) is 0 Å². The van der Waals surface area contributed by atoms with Gasteiger partial charge in [0.05, 0.1) is 19.3 Å². The number of hydrogen-bond acceptors (Lipinski definition) is 4. The molecule has 0 bridgehead atoms. The lowest BCUT2D eigenvalue weighted by Crippen LogP contribution is -2.45. The molecular formula is C24H38O4Si. The van der Waals surface area contributed by atoms with E-state index in [9.17, 15) is 4.79 Å². The minimum Gasteiger partial charge on any atom is -0.462 e. The number of ether oxygens (including phenoxy) is 2. The molecule has 5 heteroatoms. The van der Waals surface area contributed by atoms with E-state index in [2.05, 4.69) is 58.1 Å². The highest BCUT2D eigenvalue weighted by molar-refractivity contribution is 6.74. The first-order chi connectivity index (χ1) is 13.7. The first-order valence-corrected chi connectivity index (χ1v) is 13.7. The lowest BCUT2D eigenvalue weighted by atomic mass is 10.0. The van der Waals surface area contributed by atoms with Gasteiger partial charge in [-0.2, -0.15) is 0 Å². The van der Waals surface area contributed by atoms with E-state index in [0.29, 0.717) is 13.2 Å². The molecule has 1 aliphatic heterocycles. The molecule has 4 nitrogen and oxygen atoms in total. The largest absolute Gasteiger partial charge is 0.462 e. The molecule has 0 saturated carbocycles. The van der Waals surface area contributed by atoms with E-state index >= 15 is 0 Å². The van der Waals surface area contributed by atoms with Crippen molar-refractivity contribution in [1.82, 2.24) is 0 Å². The molecule has 2 rings (SSSR count). The molecule has 162 valence electrons. The van der Waals surface area contributed by atoms with Crippen LogP contribution in [0.1, 0.15) is 52.0 Å². The van der Waals surface area contributed by atoms with E-state index in [-0.39, 0.29) is 17.1 Å². The van der Waals surface area contributed by atoms with Crippen molar-refractivity contribution in [1.29, 1.82) is 0 Å². The maximum atomic E-state index is 11.3. The molecule has 0 saturated heterocycles. The smallest absolute Gasteiger partial charge is 0.330 e. The highest BCUT2D eigenvalue weighted by Crippen LogP contribution is 2.37. The molecule has 0 radical (unpaired) electrons. The number of unbranched alkanes of at least 4 members (excludes halogenated alkanes) is 1. The van der Waals surface area contributed by atoms with Gasteiger partial charge in [-0.3, -0.25) is 0 Å². The third-order valence-electron chi connectivity index (χ3n) is 5.90. The molecule has 0 N–H and O–H groups in total. The molecule has 0 spiro atoms. The van der Waals surface area contributed by atoms with Gasteiger partial charge in [0.15, 0.2) is 8.32 Å². The zero-order valence-electron chi connectivity index (χ0n) is 18.8. The molecular weight excluding hydrogens is 380 g/mol. The Morgan fingerprint density at radius 2 is 1.86 bits per heavy atom. The fourth-order valence-electron chi connectivity index (χ4n) is 3.14. The lowest BCUT2D eigenvalue weighted by Gasteiger charge is -2.39. The summed E-state index contributed by atoms with van der Waals surface area (Å²) in [5.74, 6) is -0.200. The van der Waals surface area contributed by atoms with Crippen LogP contribution in [0.4, 0.5) is 0 Å². The Morgan fingerprint density at radius 1 is 1.14 bits per heavy atom. The second-order valence-electron chi connectivity index (χ2n) is 9.44. The van der Waals surface area contributed by atoms with E-state index < -0.39 is 8.32 Å². The molecule has 0 aromatic heterocycles. The standard InChI is InChI=1S/C24H38O4Si/c1-24(2,3)29(4,5)28-22(17-20-11-7-6-8-12-20)19-26-15-10-9-13-21-14-16-27-23(25)18-21/h6-8,11-12,18,22H,9-10,13-17,19H2,1-5H3. The van der Waals surface area contributed by atoms with Crippen molar-refractivity contribution in [2.75, 3.05) is 19.8 Å². The summed E-state index contributed by atoms with van der Waals surface area (Å²) < 4.78 is 17.6. The highest BCUT2D eigenvalue weighted by atomic mass is 28.4. The summed E-state index contributed by atoms with van der Waals surface area (Å²) in [5.41, 5.74) is 2.49. The van der Waals surface area contributed by atoms with Crippen LogP contribution in [0.2, 0.25) is 18.1 Å². The Morgan fingerprint density at radius 3 is 2.52 bits per heavy atom. The number of carbonyl (C=O) groups excluding carboxylic acids is 1. The predicted molar refractivity (Wildman–Crippen MR) is 121 cm³/mol. The SMILES string of the molecule is CC(C)(C)[Si](C)(C)OC(COCCCCC1=CC(=O)OCC1)Cc1ccccc1. The summed E-state index contributed by atoms with van der Waals surface area (Å²) in [6, 6.07) is 10.5. The second kappa shape index (κ2) is 11.1. The Kier molecular flexibility index (Phi) is 9.12. The summed E-state index contributed by atoms with van der Waals surface area (Å²) in [6.07, 6.45) is 6.44. The quantitative estimate of drug-likeness (QED) is 0.263. The van der Waals surface area contributed by atoms with Gasteiger partial charge >= 0.3 is 5.97 Å². The minimum absolute atomic E-state index is 0.0779. The summed E-state index contributed by atoms with van der Waals surface area (Å²) in [6.45, 7) is 13.3. The van der Waals surface area contributed by atoms with Gasteiger partial charge in [0.2, 0.25) is 0 Å². The van der Waals surface area contributed by atoms with Gasteiger partial charge in [0.1, 0.15) is 0 Å². The monoisotopic (exact) mass is 418 g/mol. The topological polar surface area (TPSA) is 44.8 Å². The Bertz CT molecular complexity index is 661. The number of cyclic esters (lactones) is 1. The minimum atomic E-state index is -1.86. The van der Waals surface area contributed by atoms with Crippen LogP contribution in [-0.2, 0) is 25.1 Å². The van der Waals surface area contributed by atoms with Crippen LogP contribution in [0.15, 0.2) is 42.0 Å². The number of hydrogen-bond donors (Lipinski definition) is 0. The molecule has 1 aromatic carbocycles. The van der Waals surface area contributed by atoms with E-state index in [1.54, 1.807) is 6.08 Å². The fourth-order valence-corrected chi connectivity index (χ4v) is 4.47. The summed E-state index contributed by atoms with van der Waals surface area (Å²) in [4.78, 5) is 11.3. The van der Waals surface area contributed by atoms with E-state index in [4.69, 9.17) is 13.9 Å². The van der Waals surface area contributed by atoms with Crippen molar-refractivity contribution in [3.8, 4) is 0 Å². The van der Waals surface area contributed by atoms with Gasteiger partial charge in [-0.05, 0) is 49.4 Å². The molecule has 0 aliphatic carbocycles. The van der Waals surface area contributed by atoms with Crippen LogP contribution < -0.4 is 0 Å². The van der Waals surface area contributed by atoms with E-state index in [1.165, 1.54) is 11.1 Å². The Hall–Kier alpha value is -1.43. The normalized spacial score (nSPS) is 16.3. The fraction of sp³-hybridized carbons (Fsp3) is 0.625. The van der Waals surface area contributed by atoms with Crippen LogP contribution in [0.3, 0.4) is 0 Å². The number of benzene rings is 1. The van der Waals surface area contributed by atoms with Crippen molar-refractivity contribution in [2.45, 2.75) is 77.1 Å². The number of rotatable bonds is 11. The first kappa shape index (κ1) is 23.8. The van der Waals surface area contributed by atoms with Crippen molar-refractivity contribution in [3.05, 3.63) is 47.5 Å². The van der Waals surface area contributed by atoms with Crippen molar-refractivity contribution >= 4 is 14.3 Å². The van der Waals surface area contributed by atoms with Gasteiger partial charge in [-0.1, -0.05) is 56.7 Å². The molecule has 1 heterocycles. The molecule has 29 heavy (non-hydrogen) atoms. The maximum Gasteiger partial charge on any atom is 0.330 e. The second-order valence-corrected chi connectivity index (χ2v) is 14.2. The lowest BCUT2D eigenvalue weighted by molar-refractivity contribution is -0.138. The van der Waals surface area contributed by atoms with Gasteiger partial charge in [0.25, 0.3) is 0 Å². The maximum absolute atomic E-state index is 11.3. The van der Waals surface area contributed by atoms with Crippen molar-refractivity contribution in [2.24, 2.45) is 0 Å². The first-order valence-electron chi connectivity index (χ1n) is 10.8. The van der Waals surface area contributed by atoms with Gasteiger partial charge < -0.3 is 13.9 Å². The molecule has 0 amide bonds. The van der Waals surface area contributed by atoms with E-state index in [1.807, 2.05) is 6.07 Å². The summed E-state index contributed by atoms with van der Waals surface area (Å²) in [7, 11) is -1.86. The van der Waals surface area contributed by atoms with Crippen molar-refractivity contribution < 1.29 is 18.7 Å². The average molecular weight is 419 g/mol. The molecule has 0 fully saturated rings. The highest BCUT2D eigenvalue weighted by Gasteiger charge is 2.39. The van der Waals surface area contributed by atoms with Crippen molar-refractivity contribution in [3.63, 3.8) is 0 Å². The third kappa shape index (κ3) is 8.45. The zero-order valence-corrected chi connectivity index (χ0v) is 19.8. The van der Waals surface area contributed by atoms with Crippen LogP contribution in [-0.4, -0.2) is 40.2 Å². The third-order valence-corrected chi connectivity index (χ3v) is 10.4. The van der Waals surface area contributed by atoms with Gasteiger partial charge in [-0.25, -0.2) is 4.79 Å². The van der Waals surface area contributed by atoms with Crippen LogP contribution in [0.25, 0.3) is 0 Å². The van der Waals surface area contributed by atoms with E-state index in [0.717, 1.165) is 38.7 Å². The Labute approximate surface area is 177 Å². The summed E-state index contributed by atoms with van der Waals surface area (Å²) >= 11 is 0. The number of carbonyl (C=O) groups is 1. The van der Waals surface area contributed by atoms with Crippen LogP contribution in [0.5, 0.6) is 0 Å². The number of esters is 1. The molecule has 1 aromatic rings. The molecule has 1 aliphatic rings. The average Bonchev–Trinajstić information content (AvgIpc) is 2.64. The van der Waals surface area contributed by atoms with Crippen LogP contribution in [0, 0.1) is 0 Å². The molecule has 1 unspecified atom stereocenters. The van der Waals surface area contributed by atoms with Gasteiger partial charge in [0, 0.05) is 19.1 Å². The zero-order chi connectivity index (χ0) is 21.3. The van der Waals surface area contributed by atoms with Crippen LogP contribution >= 0.6 is 0 Å².